The molecule has 0 bridgehead atoms. The molecule has 16 heavy (non-hydrogen) atoms. The van der Waals surface area contributed by atoms with Gasteiger partial charge < -0.3 is 10.6 Å². The quantitative estimate of drug-likeness (QED) is 0.800. The summed E-state index contributed by atoms with van der Waals surface area (Å²) in [6.45, 7) is 8.10. The van der Waals surface area contributed by atoms with Gasteiger partial charge in [-0.05, 0) is 31.1 Å². The lowest BCUT2D eigenvalue weighted by Gasteiger charge is -2.33. The van der Waals surface area contributed by atoms with Crippen molar-refractivity contribution in [1.29, 1.82) is 0 Å². The van der Waals surface area contributed by atoms with Crippen LogP contribution in [0.15, 0.2) is 0 Å². The summed E-state index contributed by atoms with van der Waals surface area (Å²) in [4.78, 5) is 14.1. The molecule has 2 atom stereocenters. The first-order valence-electron chi connectivity index (χ1n) is 6.55. The molecule has 0 aromatic heterocycles. The van der Waals surface area contributed by atoms with E-state index >= 15 is 0 Å². The number of nitrogens with two attached hydrogens (primary N) is 1. The second kappa shape index (κ2) is 6.24. The molecule has 0 spiro atoms. The molecular weight excluding hydrogens is 200 g/mol. The van der Waals surface area contributed by atoms with Crippen molar-refractivity contribution >= 4 is 5.91 Å². The Hall–Kier alpha value is -0.570. The van der Waals surface area contributed by atoms with Crippen molar-refractivity contribution in [2.75, 3.05) is 13.1 Å². The van der Waals surface area contributed by atoms with Crippen LogP contribution in [0.1, 0.15) is 46.5 Å². The SMILES string of the molecule is CC(C)[C@H]1CC[C@@H](C)CCN1C(=O)CCN. The normalized spacial score (nSPS) is 26.9. The smallest absolute Gasteiger partial charge is 0.224 e. The van der Waals surface area contributed by atoms with Crippen LogP contribution < -0.4 is 5.73 Å². The van der Waals surface area contributed by atoms with Gasteiger partial charge in [-0.1, -0.05) is 20.8 Å². The van der Waals surface area contributed by atoms with Crippen LogP contribution >= 0.6 is 0 Å². The number of likely N-dealkylation sites (tertiary alicyclic amines) is 1. The highest BCUT2D eigenvalue weighted by Gasteiger charge is 2.28. The average molecular weight is 226 g/mol. The Labute approximate surface area is 99.4 Å². The van der Waals surface area contributed by atoms with Crippen molar-refractivity contribution in [1.82, 2.24) is 4.90 Å². The van der Waals surface area contributed by atoms with Crippen molar-refractivity contribution in [3.05, 3.63) is 0 Å². The third-order valence-electron chi connectivity index (χ3n) is 3.67. The monoisotopic (exact) mass is 226 g/mol. The summed E-state index contributed by atoms with van der Waals surface area (Å²) < 4.78 is 0. The number of hydrogen-bond donors (Lipinski definition) is 1. The van der Waals surface area contributed by atoms with E-state index in [2.05, 4.69) is 25.7 Å². The van der Waals surface area contributed by atoms with Gasteiger partial charge in [-0.15, -0.1) is 0 Å². The Morgan fingerprint density at radius 1 is 1.38 bits per heavy atom. The summed E-state index contributed by atoms with van der Waals surface area (Å²) in [5, 5.41) is 0. The van der Waals surface area contributed by atoms with Gasteiger partial charge in [0, 0.05) is 25.6 Å². The van der Waals surface area contributed by atoms with Crippen molar-refractivity contribution in [2.45, 2.75) is 52.5 Å². The molecular formula is C13H26N2O. The first-order chi connectivity index (χ1) is 7.56. The van der Waals surface area contributed by atoms with Crippen LogP contribution in [0.4, 0.5) is 0 Å². The maximum atomic E-state index is 12.0. The van der Waals surface area contributed by atoms with Crippen molar-refractivity contribution in [2.24, 2.45) is 17.6 Å². The first-order valence-corrected chi connectivity index (χ1v) is 6.55. The molecule has 1 rings (SSSR count). The molecule has 3 heteroatoms. The zero-order valence-electron chi connectivity index (χ0n) is 10.9. The van der Waals surface area contributed by atoms with Gasteiger partial charge in [0.15, 0.2) is 0 Å². The molecule has 1 aliphatic rings. The summed E-state index contributed by atoms with van der Waals surface area (Å²) in [5.41, 5.74) is 5.48. The van der Waals surface area contributed by atoms with Gasteiger partial charge in [0.1, 0.15) is 0 Å². The molecule has 0 aliphatic carbocycles. The third kappa shape index (κ3) is 3.48. The number of carbonyl (C=O) groups is 1. The van der Waals surface area contributed by atoms with Crippen LogP contribution in [0.5, 0.6) is 0 Å². The fourth-order valence-corrected chi connectivity index (χ4v) is 2.55. The summed E-state index contributed by atoms with van der Waals surface area (Å²) in [5.74, 6) is 1.54. The molecule has 1 saturated heterocycles. The van der Waals surface area contributed by atoms with Crippen molar-refractivity contribution < 1.29 is 4.79 Å². The van der Waals surface area contributed by atoms with E-state index in [1.807, 2.05) is 0 Å². The summed E-state index contributed by atoms with van der Waals surface area (Å²) in [6, 6.07) is 0.420. The van der Waals surface area contributed by atoms with E-state index in [1.54, 1.807) is 0 Å². The topological polar surface area (TPSA) is 46.3 Å². The van der Waals surface area contributed by atoms with E-state index < -0.39 is 0 Å². The lowest BCUT2D eigenvalue weighted by atomic mass is 9.95. The Bertz CT molecular complexity index is 228. The summed E-state index contributed by atoms with van der Waals surface area (Å²) in [6.07, 6.45) is 4.03. The maximum Gasteiger partial charge on any atom is 0.224 e. The molecule has 3 nitrogen and oxygen atoms in total. The Balaban J connectivity index is 2.70. The van der Waals surface area contributed by atoms with Crippen LogP contribution in [0.2, 0.25) is 0 Å². The van der Waals surface area contributed by atoms with Crippen molar-refractivity contribution in [3.8, 4) is 0 Å². The average Bonchev–Trinajstić information content (AvgIpc) is 2.40. The van der Waals surface area contributed by atoms with Gasteiger partial charge in [-0.2, -0.15) is 0 Å². The Morgan fingerprint density at radius 3 is 2.62 bits per heavy atom. The predicted octanol–water partition coefficient (Wildman–Crippen LogP) is 2.01. The first kappa shape index (κ1) is 13.5. The van der Waals surface area contributed by atoms with Crippen molar-refractivity contribution in [3.63, 3.8) is 0 Å². The van der Waals surface area contributed by atoms with Gasteiger partial charge >= 0.3 is 0 Å². The van der Waals surface area contributed by atoms with Crippen LogP contribution in [0, 0.1) is 11.8 Å². The zero-order valence-corrected chi connectivity index (χ0v) is 10.9. The number of nitrogens with zero attached hydrogens (tertiary/aromatic N) is 1. The number of carbonyl (C=O) groups excluding carboxylic acids is 1. The second-order valence-corrected chi connectivity index (χ2v) is 5.41. The van der Waals surface area contributed by atoms with Crippen LogP contribution in [-0.4, -0.2) is 29.9 Å². The highest BCUT2D eigenvalue weighted by molar-refractivity contribution is 5.76. The number of rotatable bonds is 3. The minimum Gasteiger partial charge on any atom is -0.339 e. The lowest BCUT2D eigenvalue weighted by molar-refractivity contribution is -0.134. The second-order valence-electron chi connectivity index (χ2n) is 5.41. The maximum absolute atomic E-state index is 12.0. The van der Waals surface area contributed by atoms with E-state index in [-0.39, 0.29) is 5.91 Å². The molecule has 0 aromatic rings. The number of amides is 1. The third-order valence-corrected chi connectivity index (χ3v) is 3.67. The molecule has 1 aliphatic heterocycles. The highest BCUT2D eigenvalue weighted by Crippen LogP contribution is 2.26. The van der Waals surface area contributed by atoms with Crippen LogP contribution in [0.25, 0.3) is 0 Å². The van der Waals surface area contributed by atoms with Gasteiger partial charge in [0.25, 0.3) is 0 Å². The van der Waals surface area contributed by atoms with E-state index in [0.717, 1.165) is 25.3 Å². The lowest BCUT2D eigenvalue weighted by Crippen LogP contribution is -2.43. The molecule has 94 valence electrons. The minimum atomic E-state index is 0.246. The molecule has 0 aromatic carbocycles. The van der Waals surface area contributed by atoms with Crippen LogP contribution in [0.3, 0.4) is 0 Å². The zero-order chi connectivity index (χ0) is 12.1. The largest absolute Gasteiger partial charge is 0.339 e. The predicted molar refractivity (Wildman–Crippen MR) is 67.0 cm³/mol. The van der Waals surface area contributed by atoms with Gasteiger partial charge in [-0.3, -0.25) is 4.79 Å². The molecule has 1 amide bonds. The van der Waals surface area contributed by atoms with E-state index in [4.69, 9.17) is 5.73 Å². The Kier molecular flexibility index (Phi) is 5.26. The van der Waals surface area contributed by atoms with E-state index in [1.165, 1.54) is 6.42 Å². The van der Waals surface area contributed by atoms with Gasteiger partial charge in [0.05, 0.1) is 0 Å². The molecule has 1 heterocycles. The molecule has 0 radical (unpaired) electrons. The van der Waals surface area contributed by atoms with Gasteiger partial charge in [0.2, 0.25) is 5.91 Å². The standard InChI is InChI=1S/C13H26N2O/c1-10(2)12-5-4-11(3)7-9-15(12)13(16)6-8-14/h10-12H,4-9,14H2,1-3H3/t11-,12-/m1/s1. The fraction of sp³-hybridized carbons (Fsp3) is 0.923. The Morgan fingerprint density at radius 2 is 2.06 bits per heavy atom. The molecule has 0 saturated carbocycles. The fourth-order valence-electron chi connectivity index (χ4n) is 2.55. The minimum absolute atomic E-state index is 0.246. The van der Waals surface area contributed by atoms with Crippen LogP contribution in [-0.2, 0) is 4.79 Å². The van der Waals surface area contributed by atoms with E-state index in [0.29, 0.717) is 24.9 Å². The molecule has 1 fully saturated rings. The number of hydrogen-bond acceptors (Lipinski definition) is 2. The highest BCUT2D eigenvalue weighted by atomic mass is 16.2. The molecule has 2 N–H and O–H groups in total. The van der Waals surface area contributed by atoms with Gasteiger partial charge in [-0.25, -0.2) is 0 Å². The van der Waals surface area contributed by atoms with E-state index in [9.17, 15) is 4.79 Å². The summed E-state index contributed by atoms with van der Waals surface area (Å²) >= 11 is 0. The summed E-state index contributed by atoms with van der Waals surface area (Å²) in [7, 11) is 0. The molecule has 0 unspecified atom stereocenters.